The molecule has 152 valence electrons. The number of hydrogen-bond acceptors (Lipinski definition) is 4. The van der Waals surface area contributed by atoms with E-state index in [0.717, 1.165) is 38.5 Å². The number of unbranched alkanes of at least 4 members (excludes halogenated alkanes) is 3. The average Bonchev–Trinajstić information content (AvgIpc) is 2.97. The smallest absolute Gasteiger partial charge is 0.309 e. The Labute approximate surface area is 171 Å². The van der Waals surface area contributed by atoms with Crippen molar-refractivity contribution >= 4 is 30.4 Å². The average molecular weight is 415 g/mol. The molecule has 0 amide bonds. The van der Waals surface area contributed by atoms with Crippen molar-refractivity contribution in [3.05, 3.63) is 21.4 Å². The molecule has 1 aliphatic carbocycles. The molecule has 1 aliphatic rings. The van der Waals surface area contributed by atoms with Gasteiger partial charge < -0.3 is 13.9 Å². The first kappa shape index (κ1) is 22.2. The summed E-state index contributed by atoms with van der Waals surface area (Å²) in [6.07, 6.45) is 7.21. The van der Waals surface area contributed by atoms with Crippen molar-refractivity contribution < 1.29 is 13.9 Å². The highest BCUT2D eigenvalue weighted by atomic mass is 32.1. The fourth-order valence-corrected chi connectivity index (χ4v) is 4.65. The van der Waals surface area contributed by atoms with Crippen LogP contribution in [0.5, 0.6) is 0 Å². The molecule has 2 rings (SSSR count). The molecule has 1 aromatic rings. The maximum absolute atomic E-state index is 13.9. The largest absolute Gasteiger partial charge is 0.465 e. The van der Waals surface area contributed by atoms with E-state index in [2.05, 4.69) is 13.8 Å². The van der Waals surface area contributed by atoms with Gasteiger partial charge in [-0.15, -0.1) is 0 Å². The van der Waals surface area contributed by atoms with Crippen molar-refractivity contribution in [2.24, 2.45) is 17.8 Å². The first-order valence-corrected chi connectivity index (χ1v) is 10.8. The van der Waals surface area contributed by atoms with Gasteiger partial charge in [0.05, 0.1) is 12.5 Å². The highest BCUT2D eigenvalue weighted by Crippen LogP contribution is 2.36. The number of ether oxygens (including phenoxy) is 1. The first-order chi connectivity index (χ1) is 12.8. The summed E-state index contributed by atoms with van der Waals surface area (Å²) in [6, 6.07) is 0. The van der Waals surface area contributed by atoms with Gasteiger partial charge in [-0.05, 0) is 63.1 Å². The molecule has 0 aliphatic heterocycles. The van der Waals surface area contributed by atoms with Gasteiger partial charge in [0.1, 0.15) is 4.64 Å². The van der Waals surface area contributed by atoms with Crippen molar-refractivity contribution in [3.63, 3.8) is 0 Å². The molecule has 27 heavy (non-hydrogen) atoms. The highest BCUT2D eigenvalue weighted by Gasteiger charge is 2.34. The second kappa shape index (κ2) is 10.5. The third-order valence-corrected chi connectivity index (χ3v) is 6.34. The number of rotatable bonds is 9. The van der Waals surface area contributed by atoms with Crippen molar-refractivity contribution in [2.45, 2.75) is 72.4 Å². The molecule has 0 N–H and O–H groups in total. The molecule has 1 saturated carbocycles. The van der Waals surface area contributed by atoms with E-state index in [1.165, 1.54) is 6.20 Å². The minimum atomic E-state index is -0.400. The molecule has 4 nitrogen and oxygen atoms in total. The van der Waals surface area contributed by atoms with E-state index in [4.69, 9.17) is 29.2 Å². The van der Waals surface area contributed by atoms with Gasteiger partial charge in [0.15, 0.2) is 10.6 Å². The van der Waals surface area contributed by atoms with Crippen LogP contribution in [0.1, 0.15) is 59.3 Å². The summed E-state index contributed by atoms with van der Waals surface area (Å²) in [4.78, 5) is 12.1. The minimum Gasteiger partial charge on any atom is -0.465 e. The number of carbonyl (C=O) groups is 1. The van der Waals surface area contributed by atoms with Crippen LogP contribution in [0.15, 0.2) is 6.20 Å². The van der Waals surface area contributed by atoms with Crippen LogP contribution >= 0.6 is 24.4 Å². The summed E-state index contributed by atoms with van der Waals surface area (Å²) in [7, 11) is 0. The first-order valence-electron chi connectivity index (χ1n) is 10.0. The number of hydrogen-bond donors (Lipinski definition) is 0. The number of carbonyl (C=O) groups excluding carboxylic acids is 1. The predicted molar refractivity (Wildman–Crippen MR) is 110 cm³/mol. The molecule has 0 radical (unpaired) electrons. The maximum atomic E-state index is 13.9. The topological polar surface area (TPSA) is 36.2 Å². The van der Waals surface area contributed by atoms with E-state index in [1.54, 1.807) is 9.13 Å². The van der Waals surface area contributed by atoms with Crippen molar-refractivity contribution in [1.29, 1.82) is 0 Å². The fraction of sp³-hybridized carbons (Fsp3) is 0.750. The molecule has 7 heteroatoms. The summed E-state index contributed by atoms with van der Waals surface area (Å²) in [6.45, 7) is 7.98. The molecule has 3 atom stereocenters. The van der Waals surface area contributed by atoms with Gasteiger partial charge in [-0.3, -0.25) is 4.79 Å². The molecule has 0 bridgehead atoms. The summed E-state index contributed by atoms with van der Waals surface area (Å²) in [5.74, 6) is 0.708. The molecular formula is C20H31FN2O2S2. The molecular weight excluding hydrogens is 383 g/mol. The van der Waals surface area contributed by atoms with Crippen LogP contribution in [-0.4, -0.2) is 21.7 Å². The number of aromatic nitrogens is 2. The van der Waals surface area contributed by atoms with Crippen molar-refractivity contribution in [1.82, 2.24) is 9.13 Å². The van der Waals surface area contributed by atoms with Crippen LogP contribution in [0, 0.1) is 33.0 Å². The Hall–Kier alpha value is -1.08. The van der Waals surface area contributed by atoms with Gasteiger partial charge in [-0.2, -0.15) is 0 Å². The van der Waals surface area contributed by atoms with Gasteiger partial charge in [-0.25, -0.2) is 4.39 Å². The van der Waals surface area contributed by atoms with Crippen LogP contribution in [0.2, 0.25) is 0 Å². The molecule has 0 saturated heterocycles. The van der Waals surface area contributed by atoms with Gasteiger partial charge in [0.25, 0.3) is 0 Å². The zero-order valence-electron chi connectivity index (χ0n) is 16.6. The van der Waals surface area contributed by atoms with Gasteiger partial charge >= 0.3 is 5.97 Å². The van der Waals surface area contributed by atoms with E-state index in [-0.39, 0.29) is 16.5 Å². The monoisotopic (exact) mass is 414 g/mol. The Morgan fingerprint density at radius 2 is 1.93 bits per heavy atom. The van der Waals surface area contributed by atoms with Crippen molar-refractivity contribution in [2.75, 3.05) is 6.61 Å². The summed E-state index contributed by atoms with van der Waals surface area (Å²) in [5, 5.41) is 0. The van der Waals surface area contributed by atoms with E-state index >= 15 is 0 Å². The van der Waals surface area contributed by atoms with Gasteiger partial charge in [0, 0.05) is 19.3 Å². The molecule has 1 heterocycles. The minimum absolute atomic E-state index is 0.0262. The summed E-state index contributed by atoms with van der Waals surface area (Å²) < 4.78 is 23.5. The normalized spacial score (nSPS) is 22.1. The number of halogens is 1. The highest BCUT2D eigenvalue weighted by molar-refractivity contribution is 7.72. The molecule has 3 unspecified atom stereocenters. The lowest BCUT2D eigenvalue weighted by Crippen LogP contribution is -2.20. The van der Waals surface area contributed by atoms with Gasteiger partial charge in [0.2, 0.25) is 0 Å². The van der Waals surface area contributed by atoms with Crippen LogP contribution in [0.4, 0.5) is 4.39 Å². The standard InChI is InChI=1S/C20H31FN2O2S2/c1-4-23-18(26)17(21)13-22(20(23)27)9-7-5-6-8-10-25-19(24)16-12-14(2)11-15(16)3/h13-16H,4-12H2,1-3H3. The third kappa shape index (κ3) is 5.95. The van der Waals surface area contributed by atoms with E-state index in [0.29, 0.717) is 36.3 Å². The fourth-order valence-electron chi connectivity index (χ4n) is 3.96. The third-order valence-electron chi connectivity index (χ3n) is 5.47. The van der Waals surface area contributed by atoms with Crippen molar-refractivity contribution in [3.8, 4) is 0 Å². The van der Waals surface area contributed by atoms with E-state index in [9.17, 15) is 9.18 Å². The Balaban J connectivity index is 1.67. The quantitative estimate of drug-likeness (QED) is 0.295. The van der Waals surface area contributed by atoms with Crippen LogP contribution in [0.25, 0.3) is 0 Å². The lowest BCUT2D eigenvalue weighted by atomic mass is 9.99. The molecule has 0 aromatic carbocycles. The predicted octanol–water partition coefficient (Wildman–Crippen LogP) is 5.69. The van der Waals surface area contributed by atoms with Crippen LogP contribution in [0.3, 0.4) is 0 Å². The zero-order chi connectivity index (χ0) is 20.0. The zero-order valence-corrected chi connectivity index (χ0v) is 18.2. The Kier molecular flexibility index (Phi) is 8.61. The summed E-state index contributed by atoms with van der Waals surface area (Å²) in [5.41, 5.74) is 0. The summed E-state index contributed by atoms with van der Waals surface area (Å²) >= 11 is 10.5. The van der Waals surface area contributed by atoms with E-state index in [1.807, 2.05) is 6.92 Å². The van der Waals surface area contributed by atoms with Gasteiger partial charge in [-0.1, -0.05) is 32.5 Å². The number of esters is 1. The maximum Gasteiger partial charge on any atom is 0.309 e. The molecule has 1 fully saturated rings. The van der Waals surface area contributed by atoms with E-state index < -0.39 is 5.82 Å². The Morgan fingerprint density at radius 3 is 2.56 bits per heavy atom. The van der Waals surface area contributed by atoms with Crippen LogP contribution in [-0.2, 0) is 22.6 Å². The second-order valence-corrected chi connectivity index (χ2v) is 8.50. The number of aryl methyl sites for hydroxylation is 1. The number of nitrogens with zero attached hydrogens (tertiary/aromatic N) is 2. The second-order valence-electron chi connectivity index (χ2n) is 7.74. The Morgan fingerprint density at radius 1 is 1.22 bits per heavy atom. The molecule has 1 aromatic heterocycles. The Bertz CT molecular complexity index is 759. The van der Waals surface area contributed by atoms with Crippen LogP contribution < -0.4 is 0 Å². The lowest BCUT2D eigenvalue weighted by Gasteiger charge is -2.14. The SMILES string of the molecule is CCn1c(=S)c(F)cn(CCCCCCOC(=O)C2CC(C)CC2C)c1=S. The molecule has 0 spiro atoms. The lowest BCUT2D eigenvalue weighted by molar-refractivity contribution is -0.149.